The van der Waals surface area contributed by atoms with Crippen molar-refractivity contribution in [3.63, 3.8) is 0 Å². The fourth-order valence-corrected chi connectivity index (χ4v) is 1.68. The molecule has 0 radical (unpaired) electrons. The van der Waals surface area contributed by atoms with E-state index in [0.29, 0.717) is 0 Å². The zero-order valence-electron chi connectivity index (χ0n) is 11.9. The van der Waals surface area contributed by atoms with Crippen LogP contribution in [0.2, 0.25) is 0 Å². The molecule has 1 unspecified atom stereocenters. The zero-order valence-corrected chi connectivity index (χ0v) is 11.9. The predicted octanol–water partition coefficient (Wildman–Crippen LogP) is 3.48. The molecule has 0 fully saturated rings. The molecular formula is C14H29NO2. The van der Waals surface area contributed by atoms with Gasteiger partial charge in [-0.3, -0.25) is 4.79 Å². The van der Waals surface area contributed by atoms with Crippen LogP contribution in [0.1, 0.15) is 65.7 Å². The van der Waals surface area contributed by atoms with Gasteiger partial charge in [0.2, 0.25) is 5.91 Å². The smallest absolute Gasteiger partial charge is 0.224 e. The normalized spacial score (nSPS) is 12.8. The SMILES string of the molecule is CCCCCCCCC(NC(=O)C(C)C)OC. The van der Waals surface area contributed by atoms with Crippen molar-refractivity contribution in [3.05, 3.63) is 0 Å². The van der Waals surface area contributed by atoms with E-state index in [1.807, 2.05) is 13.8 Å². The van der Waals surface area contributed by atoms with E-state index >= 15 is 0 Å². The molecule has 0 aromatic heterocycles. The molecule has 1 amide bonds. The maximum Gasteiger partial charge on any atom is 0.224 e. The van der Waals surface area contributed by atoms with Crippen LogP contribution >= 0.6 is 0 Å². The van der Waals surface area contributed by atoms with E-state index in [1.54, 1.807) is 7.11 Å². The largest absolute Gasteiger partial charge is 0.362 e. The van der Waals surface area contributed by atoms with Crippen molar-refractivity contribution < 1.29 is 9.53 Å². The average molecular weight is 243 g/mol. The standard InChI is InChI=1S/C14H29NO2/c1-5-6-7-8-9-10-11-13(17-4)15-14(16)12(2)3/h12-13H,5-11H2,1-4H3,(H,15,16). The summed E-state index contributed by atoms with van der Waals surface area (Å²) in [5, 5.41) is 2.91. The Morgan fingerprint density at radius 2 is 1.71 bits per heavy atom. The number of unbranched alkanes of at least 4 members (excludes halogenated alkanes) is 5. The van der Waals surface area contributed by atoms with Crippen molar-refractivity contribution in [2.75, 3.05) is 7.11 Å². The highest BCUT2D eigenvalue weighted by molar-refractivity contribution is 5.77. The van der Waals surface area contributed by atoms with Crippen LogP contribution in [0, 0.1) is 5.92 Å². The van der Waals surface area contributed by atoms with Crippen molar-refractivity contribution >= 4 is 5.91 Å². The van der Waals surface area contributed by atoms with E-state index in [-0.39, 0.29) is 18.1 Å². The van der Waals surface area contributed by atoms with Crippen molar-refractivity contribution in [2.45, 2.75) is 71.9 Å². The zero-order chi connectivity index (χ0) is 13.1. The molecule has 3 nitrogen and oxygen atoms in total. The lowest BCUT2D eigenvalue weighted by molar-refractivity contribution is -0.127. The molecule has 102 valence electrons. The lowest BCUT2D eigenvalue weighted by Gasteiger charge is -2.18. The molecule has 0 rings (SSSR count). The van der Waals surface area contributed by atoms with Gasteiger partial charge in [-0.15, -0.1) is 0 Å². The number of carbonyl (C=O) groups excluding carboxylic acids is 1. The number of carbonyl (C=O) groups is 1. The van der Waals surface area contributed by atoms with E-state index in [0.717, 1.165) is 12.8 Å². The summed E-state index contributed by atoms with van der Waals surface area (Å²) in [5.74, 6) is 0.0973. The molecule has 0 spiro atoms. The lowest BCUT2D eigenvalue weighted by Crippen LogP contribution is -2.38. The van der Waals surface area contributed by atoms with Crippen molar-refractivity contribution in [3.8, 4) is 0 Å². The Balaban J connectivity index is 3.58. The molecular weight excluding hydrogens is 214 g/mol. The Hall–Kier alpha value is -0.570. The number of hydrogen-bond acceptors (Lipinski definition) is 2. The van der Waals surface area contributed by atoms with Crippen molar-refractivity contribution in [2.24, 2.45) is 5.92 Å². The van der Waals surface area contributed by atoms with Gasteiger partial charge in [-0.05, 0) is 12.8 Å². The van der Waals surface area contributed by atoms with Crippen molar-refractivity contribution in [1.82, 2.24) is 5.32 Å². The molecule has 0 bridgehead atoms. The van der Waals surface area contributed by atoms with Gasteiger partial charge in [-0.25, -0.2) is 0 Å². The molecule has 0 aromatic rings. The molecule has 0 aliphatic rings. The number of ether oxygens (including phenoxy) is 1. The molecule has 17 heavy (non-hydrogen) atoms. The first-order valence-electron chi connectivity index (χ1n) is 6.95. The quantitative estimate of drug-likeness (QED) is 0.471. The second-order valence-electron chi connectivity index (χ2n) is 4.94. The van der Waals surface area contributed by atoms with Crippen molar-refractivity contribution in [1.29, 1.82) is 0 Å². The Morgan fingerprint density at radius 1 is 1.12 bits per heavy atom. The van der Waals surface area contributed by atoms with Gasteiger partial charge in [0.05, 0.1) is 0 Å². The van der Waals surface area contributed by atoms with Crippen LogP contribution in [-0.4, -0.2) is 19.2 Å². The molecule has 3 heteroatoms. The van der Waals surface area contributed by atoms with Gasteiger partial charge in [0, 0.05) is 13.0 Å². The van der Waals surface area contributed by atoms with Crippen LogP contribution in [0.15, 0.2) is 0 Å². The number of methoxy groups -OCH3 is 1. The van der Waals surface area contributed by atoms with Crippen LogP contribution in [0.5, 0.6) is 0 Å². The van der Waals surface area contributed by atoms with Gasteiger partial charge < -0.3 is 10.1 Å². The highest BCUT2D eigenvalue weighted by Crippen LogP contribution is 2.09. The average Bonchev–Trinajstić information content (AvgIpc) is 2.31. The first-order chi connectivity index (χ1) is 8.11. The van der Waals surface area contributed by atoms with E-state index in [9.17, 15) is 4.79 Å². The molecule has 0 saturated heterocycles. The summed E-state index contributed by atoms with van der Waals surface area (Å²) in [7, 11) is 1.66. The summed E-state index contributed by atoms with van der Waals surface area (Å²) in [6, 6.07) is 0. The summed E-state index contributed by atoms with van der Waals surface area (Å²) in [6.07, 6.45) is 8.40. The lowest BCUT2D eigenvalue weighted by atomic mass is 10.1. The third kappa shape index (κ3) is 9.16. The summed E-state index contributed by atoms with van der Waals surface area (Å²) in [6.45, 7) is 6.02. The number of hydrogen-bond donors (Lipinski definition) is 1. The van der Waals surface area contributed by atoms with E-state index in [4.69, 9.17) is 4.74 Å². The molecule has 0 heterocycles. The monoisotopic (exact) mass is 243 g/mol. The first-order valence-corrected chi connectivity index (χ1v) is 6.95. The third-order valence-corrected chi connectivity index (χ3v) is 2.93. The minimum Gasteiger partial charge on any atom is -0.362 e. The summed E-state index contributed by atoms with van der Waals surface area (Å²) < 4.78 is 5.27. The van der Waals surface area contributed by atoms with Gasteiger partial charge in [-0.1, -0.05) is 52.9 Å². The van der Waals surface area contributed by atoms with Crippen LogP contribution < -0.4 is 5.32 Å². The van der Waals surface area contributed by atoms with Gasteiger partial charge >= 0.3 is 0 Å². The maximum atomic E-state index is 11.5. The Labute approximate surface area is 106 Å². The number of amides is 1. The highest BCUT2D eigenvalue weighted by Gasteiger charge is 2.13. The first kappa shape index (κ1) is 16.4. The number of rotatable bonds is 10. The minimum absolute atomic E-state index is 0.0252. The van der Waals surface area contributed by atoms with Gasteiger partial charge in [0.1, 0.15) is 6.23 Å². The van der Waals surface area contributed by atoms with Crippen LogP contribution in [0.25, 0.3) is 0 Å². The van der Waals surface area contributed by atoms with Crippen LogP contribution in [-0.2, 0) is 9.53 Å². The molecule has 0 aromatic carbocycles. The second kappa shape index (κ2) is 10.6. The fraction of sp³-hybridized carbons (Fsp3) is 0.929. The van der Waals surface area contributed by atoms with Gasteiger partial charge in [0.15, 0.2) is 0 Å². The maximum absolute atomic E-state index is 11.5. The number of nitrogens with one attached hydrogen (secondary N) is 1. The molecule has 1 atom stereocenters. The fourth-order valence-electron chi connectivity index (χ4n) is 1.68. The topological polar surface area (TPSA) is 38.3 Å². The molecule has 0 aliphatic carbocycles. The summed E-state index contributed by atoms with van der Waals surface area (Å²) >= 11 is 0. The summed E-state index contributed by atoms with van der Waals surface area (Å²) in [4.78, 5) is 11.5. The molecule has 0 aliphatic heterocycles. The predicted molar refractivity (Wildman–Crippen MR) is 71.8 cm³/mol. The van der Waals surface area contributed by atoms with Gasteiger partial charge in [0.25, 0.3) is 0 Å². The molecule has 0 saturated carbocycles. The highest BCUT2D eigenvalue weighted by atomic mass is 16.5. The van der Waals surface area contributed by atoms with Crippen LogP contribution in [0.3, 0.4) is 0 Å². The van der Waals surface area contributed by atoms with E-state index < -0.39 is 0 Å². The van der Waals surface area contributed by atoms with Crippen LogP contribution in [0.4, 0.5) is 0 Å². The van der Waals surface area contributed by atoms with E-state index in [1.165, 1.54) is 32.1 Å². The Bertz CT molecular complexity index is 193. The van der Waals surface area contributed by atoms with Gasteiger partial charge in [-0.2, -0.15) is 0 Å². The van der Waals surface area contributed by atoms with E-state index in [2.05, 4.69) is 12.2 Å². The summed E-state index contributed by atoms with van der Waals surface area (Å²) in [5.41, 5.74) is 0. The minimum atomic E-state index is -0.115. The Kier molecular flexibility index (Phi) is 10.2. The third-order valence-electron chi connectivity index (χ3n) is 2.93. The second-order valence-corrected chi connectivity index (χ2v) is 4.94. The Morgan fingerprint density at radius 3 is 2.24 bits per heavy atom. The molecule has 1 N–H and O–H groups in total.